The summed E-state index contributed by atoms with van der Waals surface area (Å²) in [5.74, 6) is -3.02. The predicted molar refractivity (Wildman–Crippen MR) is 183 cm³/mol. The third-order valence-electron chi connectivity index (χ3n) is 9.13. The van der Waals surface area contributed by atoms with Gasteiger partial charge in [0, 0.05) is 51.0 Å². The Bertz CT molecular complexity index is 1940. The highest BCUT2D eigenvalue weighted by molar-refractivity contribution is 6.30. The van der Waals surface area contributed by atoms with Crippen LogP contribution >= 0.6 is 11.6 Å². The quantitative estimate of drug-likeness (QED) is 0.254. The van der Waals surface area contributed by atoms with Gasteiger partial charge in [-0.3, -0.25) is 14.4 Å². The molecule has 1 unspecified atom stereocenters. The zero-order valence-corrected chi connectivity index (χ0v) is 27.7. The summed E-state index contributed by atoms with van der Waals surface area (Å²) in [5.41, 5.74) is 9.20. The highest BCUT2D eigenvalue weighted by atomic mass is 35.5. The fourth-order valence-electron chi connectivity index (χ4n) is 6.61. The molecular weight excluding hydrogens is 653 g/mol. The van der Waals surface area contributed by atoms with Crippen molar-refractivity contribution in [2.75, 3.05) is 49.7 Å². The lowest BCUT2D eigenvalue weighted by molar-refractivity contribution is -0.133. The number of halogens is 2. The standard InChI is InChI=1S/C35H35ClFN7O5/c1-41(2)33(46)20-13-16-42(17-14-20)27-7-3-5-24-23(27)15-18-43(30(24)32(45)40-22-11-9-21(10-12-22)35(48)49)34(47)25-19-39-44(31(25)38)28-8-4-6-26(36)29(28)37/h3-12,19-20,30H,13-18,38H2,1-2H3,(H,40,45)(H,48,49). The molecule has 3 heterocycles. The second-order valence-corrected chi connectivity index (χ2v) is 12.7. The molecule has 0 radical (unpaired) electrons. The third-order valence-corrected chi connectivity index (χ3v) is 9.42. The van der Waals surface area contributed by atoms with Gasteiger partial charge in [-0.2, -0.15) is 5.10 Å². The molecule has 254 valence electrons. The number of benzene rings is 3. The number of nitrogens with one attached hydrogen (secondary N) is 1. The average molecular weight is 688 g/mol. The zero-order valence-electron chi connectivity index (χ0n) is 26.9. The number of nitrogens with zero attached hydrogens (tertiary/aromatic N) is 5. The number of piperidine rings is 1. The number of carboxylic acid groups (broad SMARTS) is 1. The minimum atomic E-state index is -1.10. The van der Waals surface area contributed by atoms with Gasteiger partial charge < -0.3 is 30.9 Å². The Labute approximate surface area is 286 Å². The lowest BCUT2D eigenvalue weighted by Crippen LogP contribution is -2.46. The first-order chi connectivity index (χ1) is 23.5. The lowest BCUT2D eigenvalue weighted by Gasteiger charge is -2.40. The molecule has 1 atom stereocenters. The van der Waals surface area contributed by atoms with Gasteiger partial charge in [0.2, 0.25) is 5.91 Å². The van der Waals surface area contributed by atoms with E-state index in [1.165, 1.54) is 53.6 Å². The lowest BCUT2D eigenvalue weighted by atomic mass is 9.88. The minimum absolute atomic E-state index is 0.0183. The number of rotatable bonds is 7. The van der Waals surface area contributed by atoms with Crippen LogP contribution in [0.15, 0.2) is 66.9 Å². The van der Waals surface area contributed by atoms with Gasteiger partial charge in [-0.25, -0.2) is 13.9 Å². The molecule has 4 aromatic rings. The molecule has 12 nitrogen and oxygen atoms in total. The van der Waals surface area contributed by atoms with Crippen molar-refractivity contribution in [3.05, 3.63) is 100.0 Å². The topological polar surface area (TPSA) is 154 Å². The van der Waals surface area contributed by atoms with Crippen LogP contribution in [0.4, 0.5) is 21.6 Å². The molecule has 3 amide bonds. The van der Waals surface area contributed by atoms with Crippen LogP contribution in [0.2, 0.25) is 5.02 Å². The highest BCUT2D eigenvalue weighted by Gasteiger charge is 2.39. The van der Waals surface area contributed by atoms with Gasteiger partial charge in [0.1, 0.15) is 23.1 Å². The van der Waals surface area contributed by atoms with E-state index < -0.39 is 29.6 Å². The maximum Gasteiger partial charge on any atom is 0.335 e. The van der Waals surface area contributed by atoms with Crippen molar-refractivity contribution in [1.29, 1.82) is 0 Å². The van der Waals surface area contributed by atoms with Crippen molar-refractivity contribution in [2.45, 2.75) is 25.3 Å². The summed E-state index contributed by atoms with van der Waals surface area (Å²) in [7, 11) is 3.52. The molecule has 0 saturated carbocycles. The van der Waals surface area contributed by atoms with E-state index >= 15 is 0 Å². The van der Waals surface area contributed by atoms with Gasteiger partial charge in [-0.15, -0.1) is 0 Å². The monoisotopic (exact) mass is 687 g/mol. The number of fused-ring (bicyclic) bond motifs is 1. The number of nitrogens with two attached hydrogens (primary N) is 1. The van der Waals surface area contributed by atoms with Crippen molar-refractivity contribution in [3.63, 3.8) is 0 Å². The highest BCUT2D eigenvalue weighted by Crippen LogP contribution is 2.39. The molecule has 49 heavy (non-hydrogen) atoms. The SMILES string of the molecule is CN(C)C(=O)C1CCN(c2cccc3c2CCN(C(=O)c2cnn(-c4cccc(Cl)c4F)c2N)C3C(=O)Nc2ccc(C(=O)O)cc2)CC1. The van der Waals surface area contributed by atoms with Crippen LogP contribution in [-0.2, 0) is 16.0 Å². The van der Waals surface area contributed by atoms with Gasteiger partial charge in [0.25, 0.3) is 11.8 Å². The van der Waals surface area contributed by atoms with Crippen molar-refractivity contribution < 1.29 is 28.7 Å². The third kappa shape index (κ3) is 6.41. The summed E-state index contributed by atoms with van der Waals surface area (Å²) < 4.78 is 16.0. The summed E-state index contributed by atoms with van der Waals surface area (Å²) >= 11 is 5.98. The van der Waals surface area contributed by atoms with Crippen LogP contribution in [0, 0.1) is 11.7 Å². The molecule has 2 aliphatic rings. The fraction of sp³-hybridized carbons (Fsp3) is 0.286. The molecule has 6 rings (SSSR count). The molecule has 1 saturated heterocycles. The molecule has 3 aromatic carbocycles. The molecule has 1 fully saturated rings. The van der Waals surface area contributed by atoms with E-state index in [0.717, 1.165) is 15.9 Å². The maximum atomic E-state index is 14.9. The van der Waals surface area contributed by atoms with Crippen molar-refractivity contribution in [1.82, 2.24) is 19.6 Å². The number of carboxylic acids is 1. The van der Waals surface area contributed by atoms with E-state index in [4.69, 9.17) is 17.3 Å². The Balaban J connectivity index is 1.35. The van der Waals surface area contributed by atoms with Crippen molar-refractivity contribution >= 4 is 52.5 Å². The van der Waals surface area contributed by atoms with E-state index in [2.05, 4.69) is 15.3 Å². The summed E-state index contributed by atoms with van der Waals surface area (Å²) in [6.45, 7) is 1.47. The predicted octanol–water partition coefficient (Wildman–Crippen LogP) is 4.63. The molecule has 4 N–H and O–H groups in total. The maximum absolute atomic E-state index is 14.9. The average Bonchev–Trinajstić information content (AvgIpc) is 3.48. The number of carbonyl (C=O) groups is 4. The first kappa shape index (κ1) is 33.5. The van der Waals surface area contributed by atoms with Crippen LogP contribution in [-0.4, -0.2) is 82.1 Å². The van der Waals surface area contributed by atoms with Crippen LogP contribution in [0.5, 0.6) is 0 Å². The van der Waals surface area contributed by atoms with Crippen molar-refractivity contribution in [3.8, 4) is 5.69 Å². The summed E-state index contributed by atoms with van der Waals surface area (Å²) in [6, 6.07) is 14.6. The van der Waals surface area contributed by atoms with Crippen LogP contribution < -0.4 is 16.0 Å². The number of aromatic carboxylic acids is 1. The number of anilines is 3. The Morgan fingerprint density at radius 3 is 2.33 bits per heavy atom. The number of nitrogen functional groups attached to an aromatic ring is 1. The number of amides is 3. The molecule has 2 aliphatic heterocycles. The van der Waals surface area contributed by atoms with E-state index in [0.29, 0.717) is 43.6 Å². The van der Waals surface area contributed by atoms with Gasteiger partial charge in [-0.1, -0.05) is 29.8 Å². The number of hydrogen-bond donors (Lipinski definition) is 3. The second-order valence-electron chi connectivity index (χ2n) is 12.3. The van der Waals surface area contributed by atoms with Crippen LogP contribution in [0.3, 0.4) is 0 Å². The van der Waals surface area contributed by atoms with Gasteiger partial charge in [0.05, 0.1) is 16.8 Å². The normalized spacial score (nSPS) is 16.2. The summed E-state index contributed by atoms with van der Waals surface area (Å²) in [5, 5.41) is 16.2. The van der Waals surface area contributed by atoms with E-state index in [-0.39, 0.29) is 46.0 Å². The second kappa shape index (κ2) is 13.6. The van der Waals surface area contributed by atoms with E-state index in [1.54, 1.807) is 19.0 Å². The summed E-state index contributed by atoms with van der Waals surface area (Å²) in [4.78, 5) is 57.6. The largest absolute Gasteiger partial charge is 0.478 e. The summed E-state index contributed by atoms with van der Waals surface area (Å²) in [6.07, 6.45) is 3.06. The van der Waals surface area contributed by atoms with Gasteiger partial charge in [-0.05, 0) is 72.9 Å². The molecule has 14 heteroatoms. The first-order valence-corrected chi connectivity index (χ1v) is 16.1. The Hall–Kier alpha value is -5.43. The Morgan fingerprint density at radius 1 is 0.980 bits per heavy atom. The Morgan fingerprint density at radius 2 is 1.65 bits per heavy atom. The number of aromatic nitrogens is 2. The molecule has 1 aromatic heterocycles. The van der Waals surface area contributed by atoms with E-state index in [1.807, 2.05) is 18.2 Å². The minimum Gasteiger partial charge on any atom is -0.478 e. The zero-order chi connectivity index (χ0) is 35.0. The van der Waals surface area contributed by atoms with Gasteiger partial charge in [0.15, 0.2) is 5.82 Å². The van der Waals surface area contributed by atoms with Gasteiger partial charge >= 0.3 is 5.97 Å². The molecule has 0 spiro atoms. The number of hydrogen-bond acceptors (Lipinski definition) is 7. The molecule has 0 bridgehead atoms. The fourth-order valence-corrected chi connectivity index (χ4v) is 6.78. The smallest absolute Gasteiger partial charge is 0.335 e. The Kier molecular flexibility index (Phi) is 9.28. The van der Waals surface area contributed by atoms with Crippen LogP contribution in [0.1, 0.15) is 50.7 Å². The van der Waals surface area contributed by atoms with Crippen LogP contribution in [0.25, 0.3) is 5.69 Å². The van der Waals surface area contributed by atoms with E-state index in [9.17, 15) is 28.7 Å². The molecular formula is C35H35ClFN7O5. The first-order valence-electron chi connectivity index (χ1n) is 15.8. The van der Waals surface area contributed by atoms with Crippen molar-refractivity contribution in [2.24, 2.45) is 5.92 Å². The number of carbonyl (C=O) groups excluding carboxylic acids is 3. The molecule has 0 aliphatic carbocycles.